The predicted molar refractivity (Wildman–Crippen MR) is 82.9 cm³/mol. The molecule has 9 heteroatoms. The summed E-state index contributed by atoms with van der Waals surface area (Å²) in [6.45, 7) is 5.35. The van der Waals surface area contributed by atoms with Gasteiger partial charge in [-0.25, -0.2) is 15.0 Å². The maximum atomic E-state index is 13.0. The van der Waals surface area contributed by atoms with Crippen LogP contribution in [0.5, 0.6) is 0 Å². The summed E-state index contributed by atoms with van der Waals surface area (Å²) < 4.78 is 38.9. The predicted octanol–water partition coefficient (Wildman–Crippen LogP) is 3.17. The Balaban J connectivity index is 2.22. The molecule has 1 aromatic heterocycles. The van der Waals surface area contributed by atoms with Crippen molar-refractivity contribution in [3.63, 3.8) is 0 Å². The quantitative estimate of drug-likeness (QED) is 0.668. The van der Waals surface area contributed by atoms with Crippen molar-refractivity contribution in [2.45, 2.75) is 32.0 Å². The lowest BCUT2D eigenvalue weighted by Gasteiger charge is -2.26. The van der Waals surface area contributed by atoms with E-state index in [2.05, 4.69) is 21.7 Å². The lowest BCUT2D eigenvalue weighted by Crippen LogP contribution is -2.43. The minimum absolute atomic E-state index is 0.0243. The van der Waals surface area contributed by atoms with Gasteiger partial charge in [-0.15, -0.1) is 11.3 Å². The number of anilines is 1. The molecule has 2 rings (SSSR count). The van der Waals surface area contributed by atoms with E-state index in [1.165, 1.54) is 17.5 Å². The second-order valence-electron chi connectivity index (χ2n) is 4.87. The molecule has 0 aromatic carbocycles. The average molecular weight is 331 g/mol. The molecule has 5 nitrogen and oxygen atoms in total. The Hall–Kier alpha value is -1.90. The van der Waals surface area contributed by atoms with E-state index in [1.54, 1.807) is 12.3 Å². The molecule has 0 aliphatic carbocycles. The van der Waals surface area contributed by atoms with E-state index >= 15 is 0 Å². The van der Waals surface area contributed by atoms with Crippen LogP contribution in [-0.4, -0.2) is 41.3 Å². The molecule has 0 amide bonds. The summed E-state index contributed by atoms with van der Waals surface area (Å²) in [4.78, 5) is 12.9. The summed E-state index contributed by atoms with van der Waals surface area (Å²) >= 11 is 1.34. The number of aromatic nitrogens is 1. The lowest BCUT2D eigenvalue weighted by atomic mass is 10.2. The third-order valence-electron chi connectivity index (χ3n) is 3.26. The highest BCUT2D eigenvalue weighted by molar-refractivity contribution is 7.11. The maximum absolute atomic E-state index is 13.0. The van der Waals surface area contributed by atoms with Gasteiger partial charge in [-0.1, -0.05) is 0 Å². The second kappa shape index (κ2) is 6.47. The molecule has 2 N–H and O–H groups in total. The van der Waals surface area contributed by atoms with Crippen LogP contribution in [0.15, 0.2) is 21.6 Å². The van der Waals surface area contributed by atoms with E-state index in [1.807, 2.05) is 0 Å². The van der Waals surface area contributed by atoms with Crippen molar-refractivity contribution in [1.29, 1.82) is 0 Å². The zero-order valence-electron chi connectivity index (χ0n) is 12.0. The number of rotatable bonds is 2. The molecule has 1 aliphatic heterocycles. The van der Waals surface area contributed by atoms with Crippen LogP contribution in [0, 0.1) is 0 Å². The van der Waals surface area contributed by atoms with E-state index in [0.717, 1.165) is 4.90 Å². The third kappa shape index (κ3) is 3.65. The smallest absolute Gasteiger partial charge is 0.383 e. The average Bonchev–Trinajstić information content (AvgIpc) is 3.07. The van der Waals surface area contributed by atoms with Gasteiger partial charge in [0.1, 0.15) is 16.9 Å². The zero-order valence-corrected chi connectivity index (χ0v) is 12.8. The van der Waals surface area contributed by atoms with Gasteiger partial charge in [-0.3, -0.25) is 0 Å². The molecule has 1 atom stereocenters. The Morgan fingerprint density at radius 1 is 1.59 bits per heavy atom. The molecule has 0 spiro atoms. The Labute approximate surface area is 130 Å². The fraction of sp³-hybridized carbons (Fsp3) is 0.462. The van der Waals surface area contributed by atoms with E-state index in [0.29, 0.717) is 22.8 Å². The number of aliphatic imine (C=N–C) groups is 2. The third-order valence-corrected chi connectivity index (χ3v) is 4.26. The molecule has 1 aliphatic rings. The summed E-state index contributed by atoms with van der Waals surface area (Å²) in [5.41, 5.74) is 6.24. The normalized spacial score (nSPS) is 20.5. The number of guanidine groups is 1. The molecule has 1 aromatic rings. The SMILES string of the molecule is C=NC(=N/C=C(\C)c1nc(N)cs1)N1CCC[C@@H]1C(F)(F)F. The molecule has 22 heavy (non-hydrogen) atoms. The first-order valence-corrected chi connectivity index (χ1v) is 7.47. The monoisotopic (exact) mass is 331 g/mol. The van der Waals surface area contributed by atoms with Crippen LogP contribution in [0.1, 0.15) is 24.8 Å². The van der Waals surface area contributed by atoms with Crippen LogP contribution < -0.4 is 5.73 Å². The van der Waals surface area contributed by atoms with Crippen LogP contribution in [0.3, 0.4) is 0 Å². The second-order valence-corrected chi connectivity index (χ2v) is 5.73. The first kappa shape index (κ1) is 16.5. The number of allylic oxidation sites excluding steroid dienone is 1. The van der Waals surface area contributed by atoms with Gasteiger partial charge in [0.15, 0.2) is 0 Å². The van der Waals surface area contributed by atoms with Gasteiger partial charge >= 0.3 is 6.18 Å². The van der Waals surface area contributed by atoms with Crippen molar-refractivity contribution in [1.82, 2.24) is 9.88 Å². The Kier molecular flexibility index (Phi) is 4.84. The number of thiazole rings is 1. The van der Waals surface area contributed by atoms with E-state index in [9.17, 15) is 13.2 Å². The van der Waals surface area contributed by atoms with Crippen molar-refractivity contribution in [3.05, 3.63) is 16.6 Å². The molecule has 0 bridgehead atoms. The van der Waals surface area contributed by atoms with E-state index < -0.39 is 12.2 Å². The van der Waals surface area contributed by atoms with Crippen LogP contribution in [0.25, 0.3) is 5.57 Å². The minimum atomic E-state index is -4.30. The molecule has 2 heterocycles. The van der Waals surface area contributed by atoms with Gasteiger partial charge < -0.3 is 10.6 Å². The van der Waals surface area contributed by atoms with Gasteiger partial charge in [-0.05, 0) is 26.5 Å². The van der Waals surface area contributed by atoms with Gasteiger partial charge in [0, 0.05) is 23.7 Å². The first-order valence-electron chi connectivity index (χ1n) is 6.59. The van der Waals surface area contributed by atoms with Crippen molar-refractivity contribution in [2.75, 3.05) is 12.3 Å². The van der Waals surface area contributed by atoms with Crippen LogP contribution in [-0.2, 0) is 0 Å². The number of nitrogens with two attached hydrogens (primary N) is 1. The number of nitrogens with zero attached hydrogens (tertiary/aromatic N) is 4. The molecule has 0 radical (unpaired) electrons. The van der Waals surface area contributed by atoms with E-state index in [4.69, 9.17) is 5.73 Å². The van der Waals surface area contributed by atoms with Crippen molar-refractivity contribution in [3.8, 4) is 0 Å². The Morgan fingerprint density at radius 2 is 2.32 bits per heavy atom. The topological polar surface area (TPSA) is 66.9 Å². The molecule has 1 saturated heterocycles. The van der Waals surface area contributed by atoms with Gasteiger partial charge in [-0.2, -0.15) is 13.2 Å². The van der Waals surface area contributed by atoms with Gasteiger partial charge in [0.2, 0.25) is 5.96 Å². The molecular formula is C13H16F3N5S. The van der Waals surface area contributed by atoms with Crippen LogP contribution in [0.2, 0.25) is 0 Å². The fourth-order valence-electron chi connectivity index (χ4n) is 2.23. The first-order chi connectivity index (χ1) is 10.3. The molecular weight excluding hydrogens is 315 g/mol. The summed E-state index contributed by atoms with van der Waals surface area (Å²) in [7, 11) is 0. The highest BCUT2D eigenvalue weighted by Gasteiger charge is 2.47. The number of hydrogen-bond acceptors (Lipinski definition) is 4. The standard InChI is InChI=1S/C13H16F3N5S/c1-8(11-20-10(17)7-22-11)6-19-12(18-2)21-5-3-4-9(21)13(14,15)16/h6-7,9H,2-5,17H2,1H3/b8-6+,19-12?/t9-/m1/s1. The molecule has 0 unspecified atom stereocenters. The molecule has 1 fully saturated rings. The van der Waals surface area contributed by atoms with Gasteiger partial charge in [0.05, 0.1) is 0 Å². The summed E-state index contributed by atoms with van der Waals surface area (Å²) in [6.07, 6.45) is -2.37. The van der Waals surface area contributed by atoms with Crippen LogP contribution >= 0.6 is 11.3 Å². The highest BCUT2D eigenvalue weighted by Crippen LogP contribution is 2.33. The summed E-state index contributed by atoms with van der Waals surface area (Å²) in [5.74, 6) is 0.374. The van der Waals surface area contributed by atoms with Crippen molar-refractivity contribution < 1.29 is 13.2 Å². The largest absolute Gasteiger partial charge is 0.408 e. The van der Waals surface area contributed by atoms with Gasteiger partial charge in [0.25, 0.3) is 0 Å². The molecule has 0 saturated carbocycles. The lowest BCUT2D eigenvalue weighted by molar-refractivity contribution is -0.167. The van der Waals surface area contributed by atoms with Crippen molar-refractivity contribution >= 4 is 35.4 Å². The number of halogens is 3. The Morgan fingerprint density at radius 3 is 2.86 bits per heavy atom. The van der Waals surface area contributed by atoms with Crippen LogP contribution in [0.4, 0.5) is 19.0 Å². The molecule has 120 valence electrons. The Bertz CT molecular complexity index is 605. The number of likely N-dealkylation sites (tertiary alicyclic amines) is 1. The van der Waals surface area contributed by atoms with E-state index in [-0.39, 0.29) is 18.9 Å². The summed E-state index contributed by atoms with van der Waals surface area (Å²) in [6, 6.07) is -1.55. The summed E-state index contributed by atoms with van der Waals surface area (Å²) in [5, 5.41) is 2.35. The van der Waals surface area contributed by atoms with Crippen molar-refractivity contribution in [2.24, 2.45) is 9.98 Å². The fourth-order valence-corrected chi connectivity index (χ4v) is 2.91. The number of alkyl halides is 3. The number of nitrogen functional groups attached to an aromatic ring is 1. The highest BCUT2D eigenvalue weighted by atomic mass is 32.1. The minimum Gasteiger partial charge on any atom is -0.383 e. The maximum Gasteiger partial charge on any atom is 0.408 e. The number of hydrogen-bond donors (Lipinski definition) is 1. The zero-order chi connectivity index (χ0) is 16.3.